The molecular weight excluding hydrogens is 172 g/mol. The smallest absolute Gasteiger partial charge is 0.126 e. The molecule has 66 valence electrons. The Balaban J connectivity index is 2.78. The second-order valence-electron chi connectivity index (χ2n) is 3.02. The highest BCUT2D eigenvalue weighted by Gasteiger charge is 2.02. The second kappa shape index (κ2) is 4.36. The van der Waals surface area contributed by atoms with E-state index in [1.807, 2.05) is 18.2 Å². The van der Waals surface area contributed by atoms with Gasteiger partial charge in [-0.1, -0.05) is 13.8 Å². The van der Waals surface area contributed by atoms with Crippen molar-refractivity contribution in [3.8, 4) is 0 Å². The summed E-state index contributed by atoms with van der Waals surface area (Å²) in [5, 5.41) is 0. The molecule has 1 aromatic heterocycles. The van der Waals surface area contributed by atoms with E-state index in [-0.39, 0.29) is 0 Å². The lowest BCUT2D eigenvalue weighted by atomic mass is 10.0. The van der Waals surface area contributed by atoms with Crippen LogP contribution in [0, 0.1) is 5.92 Å². The number of allylic oxidation sites excluding steroid dienone is 1. The second-order valence-corrected chi connectivity index (χ2v) is 3.29. The van der Waals surface area contributed by atoms with Crippen LogP contribution >= 0.6 is 11.6 Å². The first kappa shape index (κ1) is 9.40. The van der Waals surface area contributed by atoms with Gasteiger partial charge in [-0.3, -0.25) is 0 Å². The highest BCUT2D eigenvalue weighted by Crippen LogP contribution is 2.16. The molecule has 0 bridgehead atoms. The molecule has 0 aliphatic rings. The van der Waals surface area contributed by atoms with Crippen LogP contribution in [0.2, 0.25) is 0 Å². The summed E-state index contributed by atoms with van der Waals surface area (Å²) in [6, 6.07) is 3.80. The number of halogens is 1. The van der Waals surface area contributed by atoms with Gasteiger partial charge < -0.3 is 4.42 Å². The number of hydrogen-bond donors (Lipinski definition) is 0. The summed E-state index contributed by atoms with van der Waals surface area (Å²) >= 11 is 5.77. The zero-order valence-electron chi connectivity index (χ0n) is 7.38. The number of furan rings is 1. The van der Waals surface area contributed by atoms with Gasteiger partial charge in [-0.05, 0) is 29.7 Å². The Labute approximate surface area is 78.0 Å². The first-order valence-electron chi connectivity index (χ1n) is 4.04. The molecule has 0 amide bonds. The lowest BCUT2D eigenvalue weighted by Crippen LogP contribution is -1.94. The minimum absolute atomic E-state index is 0.479. The molecular formula is C10H13ClO. The minimum atomic E-state index is 0.479. The van der Waals surface area contributed by atoms with Crippen molar-refractivity contribution >= 4 is 17.7 Å². The van der Waals surface area contributed by atoms with Crippen molar-refractivity contribution < 1.29 is 4.42 Å². The van der Waals surface area contributed by atoms with Crippen molar-refractivity contribution in [2.45, 2.75) is 13.8 Å². The summed E-state index contributed by atoms with van der Waals surface area (Å²) in [6.45, 7) is 4.24. The quantitative estimate of drug-likeness (QED) is 0.655. The molecule has 2 heteroatoms. The van der Waals surface area contributed by atoms with Crippen molar-refractivity contribution in [2.24, 2.45) is 5.92 Å². The zero-order valence-corrected chi connectivity index (χ0v) is 8.14. The van der Waals surface area contributed by atoms with Gasteiger partial charge in [-0.2, -0.15) is 0 Å². The van der Waals surface area contributed by atoms with E-state index in [2.05, 4.69) is 13.8 Å². The van der Waals surface area contributed by atoms with Crippen LogP contribution in [0.1, 0.15) is 19.6 Å². The molecule has 0 fully saturated rings. The normalized spacial score (nSPS) is 12.5. The molecule has 0 atom stereocenters. The van der Waals surface area contributed by atoms with Crippen molar-refractivity contribution in [1.82, 2.24) is 0 Å². The first-order chi connectivity index (χ1) is 5.74. The molecule has 1 aromatic rings. The van der Waals surface area contributed by atoms with Crippen LogP contribution in [-0.2, 0) is 0 Å². The molecule has 0 saturated carbocycles. The maximum absolute atomic E-state index is 5.77. The SMILES string of the molecule is CC(C)C(=Cc1ccco1)CCl. The van der Waals surface area contributed by atoms with Gasteiger partial charge in [-0.15, -0.1) is 11.6 Å². The van der Waals surface area contributed by atoms with Crippen LogP contribution in [0.15, 0.2) is 28.4 Å². The van der Waals surface area contributed by atoms with Crippen molar-refractivity contribution in [3.05, 3.63) is 29.7 Å². The lowest BCUT2D eigenvalue weighted by molar-refractivity contribution is 0.555. The molecule has 0 aliphatic heterocycles. The van der Waals surface area contributed by atoms with Crippen LogP contribution in [0.3, 0.4) is 0 Å². The zero-order chi connectivity index (χ0) is 8.97. The number of hydrogen-bond acceptors (Lipinski definition) is 1. The fourth-order valence-corrected chi connectivity index (χ4v) is 1.30. The monoisotopic (exact) mass is 184 g/mol. The first-order valence-corrected chi connectivity index (χ1v) is 4.57. The Morgan fingerprint density at radius 2 is 2.42 bits per heavy atom. The molecule has 1 rings (SSSR count). The summed E-state index contributed by atoms with van der Waals surface area (Å²) in [7, 11) is 0. The van der Waals surface area contributed by atoms with E-state index < -0.39 is 0 Å². The van der Waals surface area contributed by atoms with Gasteiger partial charge in [0.25, 0.3) is 0 Å². The van der Waals surface area contributed by atoms with E-state index in [9.17, 15) is 0 Å². The molecule has 1 heterocycles. The van der Waals surface area contributed by atoms with Crippen LogP contribution in [-0.4, -0.2) is 5.88 Å². The van der Waals surface area contributed by atoms with Crippen LogP contribution in [0.4, 0.5) is 0 Å². The minimum Gasteiger partial charge on any atom is -0.465 e. The summed E-state index contributed by atoms with van der Waals surface area (Å²) in [4.78, 5) is 0. The molecule has 0 aliphatic carbocycles. The van der Waals surface area contributed by atoms with Gasteiger partial charge in [0, 0.05) is 5.88 Å². The third kappa shape index (κ3) is 2.42. The van der Waals surface area contributed by atoms with E-state index in [0.717, 1.165) is 5.76 Å². The Morgan fingerprint density at radius 1 is 1.67 bits per heavy atom. The van der Waals surface area contributed by atoms with Crippen molar-refractivity contribution in [3.63, 3.8) is 0 Å². The maximum Gasteiger partial charge on any atom is 0.126 e. The summed E-state index contributed by atoms with van der Waals surface area (Å²) < 4.78 is 5.18. The molecule has 0 spiro atoms. The predicted octanol–water partition coefficient (Wildman–Crippen LogP) is 3.56. The maximum atomic E-state index is 5.77. The number of rotatable bonds is 3. The Bertz CT molecular complexity index is 247. The number of alkyl halides is 1. The fourth-order valence-electron chi connectivity index (χ4n) is 0.916. The van der Waals surface area contributed by atoms with Crippen LogP contribution in [0.25, 0.3) is 6.08 Å². The molecule has 0 saturated heterocycles. The molecule has 0 radical (unpaired) electrons. The molecule has 0 aromatic carbocycles. The van der Waals surface area contributed by atoms with E-state index in [4.69, 9.17) is 16.0 Å². The highest BCUT2D eigenvalue weighted by molar-refractivity contribution is 6.19. The molecule has 12 heavy (non-hydrogen) atoms. The third-order valence-corrected chi connectivity index (χ3v) is 2.08. The van der Waals surface area contributed by atoms with E-state index in [1.165, 1.54) is 5.57 Å². The average Bonchev–Trinajstić information content (AvgIpc) is 2.51. The van der Waals surface area contributed by atoms with E-state index in [1.54, 1.807) is 6.26 Å². The summed E-state index contributed by atoms with van der Waals surface area (Å²) in [5.74, 6) is 1.92. The molecule has 0 N–H and O–H groups in total. The van der Waals surface area contributed by atoms with Gasteiger partial charge in [-0.25, -0.2) is 0 Å². The van der Waals surface area contributed by atoms with Gasteiger partial charge in [0.15, 0.2) is 0 Å². The topological polar surface area (TPSA) is 13.1 Å². The van der Waals surface area contributed by atoms with Crippen molar-refractivity contribution in [1.29, 1.82) is 0 Å². The molecule has 0 unspecified atom stereocenters. The van der Waals surface area contributed by atoms with Gasteiger partial charge >= 0.3 is 0 Å². The third-order valence-electron chi connectivity index (χ3n) is 1.77. The lowest BCUT2D eigenvalue weighted by Gasteiger charge is -2.05. The van der Waals surface area contributed by atoms with Crippen LogP contribution < -0.4 is 0 Å². The van der Waals surface area contributed by atoms with Gasteiger partial charge in [0.05, 0.1) is 6.26 Å². The van der Waals surface area contributed by atoms with Gasteiger partial charge in [0.2, 0.25) is 0 Å². The average molecular weight is 185 g/mol. The summed E-state index contributed by atoms with van der Waals surface area (Å²) in [6.07, 6.45) is 3.66. The van der Waals surface area contributed by atoms with E-state index in [0.29, 0.717) is 11.8 Å². The van der Waals surface area contributed by atoms with Crippen LogP contribution in [0.5, 0.6) is 0 Å². The Morgan fingerprint density at radius 3 is 2.83 bits per heavy atom. The standard InChI is InChI=1S/C10H13ClO/c1-8(2)9(7-11)6-10-4-3-5-12-10/h3-6,8H,7H2,1-2H3. The highest BCUT2D eigenvalue weighted by atomic mass is 35.5. The predicted molar refractivity (Wildman–Crippen MR) is 52.2 cm³/mol. The van der Waals surface area contributed by atoms with Crippen molar-refractivity contribution in [2.75, 3.05) is 5.88 Å². The Kier molecular flexibility index (Phi) is 3.42. The van der Waals surface area contributed by atoms with E-state index >= 15 is 0 Å². The summed E-state index contributed by atoms with van der Waals surface area (Å²) in [5.41, 5.74) is 1.20. The van der Waals surface area contributed by atoms with Gasteiger partial charge in [0.1, 0.15) is 5.76 Å². The largest absolute Gasteiger partial charge is 0.465 e. The fraction of sp³-hybridized carbons (Fsp3) is 0.400. The molecule has 1 nitrogen and oxygen atoms in total. The Hall–Kier alpha value is -0.690.